The first-order valence-electron chi connectivity index (χ1n) is 44.3. The summed E-state index contributed by atoms with van der Waals surface area (Å²) in [5.41, 5.74) is 11.4. The number of benzene rings is 9. The number of fused-ring (bicyclic) bond motifs is 1. The first kappa shape index (κ1) is 117. The minimum Gasteiger partial charge on any atom is -0.361 e. The molecular formula is C107H161N9O3. The van der Waals surface area contributed by atoms with E-state index in [1.54, 1.807) is 17.1 Å². The molecule has 0 aliphatic carbocycles. The largest absolute Gasteiger partial charge is 0.361 e. The van der Waals surface area contributed by atoms with Crippen LogP contribution in [0.3, 0.4) is 0 Å². The monoisotopic (exact) mass is 1620 g/mol. The molecule has 0 spiro atoms. The lowest BCUT2D eigenvalue weighted by Crippen LogP contribution is -1.94. The first-order chi connectivity index (χ1) is 57.9. The van der Waals surface area contributed by atoms with Gasteiger partial charge in [-0.05, 0) is 87.4 Å². The van der Waals surface area contributed by atoms with E-state index >= 15 is 0 Å². The number of hydrogen-bond donors (Lipinski definition) is 0. The normalized spacial score (nSPS) is 9.16. The van der Waals surface area contributed by atoms with E-state index in [1.807, 2.05) is 321 Å². The van der Waals surface area contributed by atoms with Gasteiger partial charge in [0, 0.05) is 53.1 Å². The lowest BCUT2D eigenvalue weighted by atomic mass is 10.0. The van der Waals surface area contributed by atoms with Crippen LogP contribution in [-0.2, 0) is 0 Å². The topological polar surface area (TPSA) is 140 Å². The fraction of sp³-hybridized carbons (Fsp3) is 0.393. The summed E-state index contributed by atoms with van der Waals surface area (Å²) in [6.07, 6.45) is 7.37. The molecule has 0 fully saturated rings. The highest BCUT2D eigenvalue weighted by Gasteiger charge is 2.12. The van der Waals surface area contributed by atoms with Crippen LogP contribution >= 0.6 is 0 Å². The Morgan fingerprint density at radius 1 is 0.294 bits per heavy atom. The molecule has 0 radical (unpaired) electrons. The summed E-state index contributed by atoms with van der Waals surface area (Å²) in [6, 6.07) is 91.8. The van der Waals surface area contributed by atoms with Gasteiger partial charge >= 0.3 is 0 Å². The second kappa shape index (κ2) is 79.6. The Morgan fingerprint density at radius 3 is 1.00 bits per heavy atom. The van der Waals surface area contributed by atoms with Crippen molar-refractivity contribution >= 4 is 10.8 Å². The summed E-state index contributed by atoms with van der Waals surface area (Å²) in [5.74, 6) is 6.83. The third-order valence-electron chi connectivity index (χ3n) is 14.7. The van der Waals surface area contributed by atoms with Crippen molar-refractivity contribution in [3.8, 4) is 45.3 Å². The van der Waals surface area contributed by atoms with Crippen molar-refractivity contribution in [1.29, 1.82) is 0 Å². The summed E-state index contributed by atoms with van der Waals surface area (Å²) in [5, 5.41) is 26.6. The van der Waals surface area contributed by atoms with E-state index in [0.717, 1.165) is 56.9 Å². The highest BCUT2D eigenvalue weighted by molar-refractivity contribution is 5.82. The van der Waals surface area contributed by atoms with Crippen LogP contribution in [-0.4, -0.2) is 45.2 Å². The van der Waals surface area contributed by atoms with Crippen molar-refractivity contribution in [3.63, 3.8) is 0 Å². The second-order valence-electron chi connectivity index (χ2n) is 25.8. The zero-order chi connectivity index (χ0) is 91.2. The van der Waals surface area contributed by atoms with Gasteiger partial charge in [-0.15, -0.1) is 5.10 Å². The van der Waals surface area contributed by atoms with Crippen LogP contribution in [0.25, 0.3) is 56.1 Å². The second-order valence-corrected chi connectivity index (χ2v) is 25.8. The van der Waals surface area contributed by atoms with Crippen molar-refractivity contribution in [3.05, 3.63) is 332 Å². The zero-order valence-corrected chi connectivity index (χ0v) is 80.6. The summed E-state index contributed by atoms with van der Waals surface area (Å²) in [6.45, 7) is 72.1. The standard InChI is InChI=1S/C12H14N2.2C12H13NO.C11H13N3.C11H12N2O.C10H8.C9H12.C6H6.C4H10.10C2H6/c1-10(2)11-4-6-12(7-5-11)14-9-3-8-13-14;1-9(2)10-3-5-11(6-4-10)12-7-8-13-14-12;1-9(2)12-8-11(13-14-12)10-6-4-3-5-7-10;1-9(2)11-8-14(13-12-11)10-6-4-3-5-7-10;1-8(2)11-12-10(13-14-11)9-6-4-3-5-7-9;1-2-6-10-8-4-3-7-9(10)5-1;1-8(2)9-6-4-3-5-7-9;1-2-4-6-5-3-1;1-4(2)3;10*1-2/h3-10H,1-2H3;3*3-9H,1-2H3;3-8H,1-2H3;1-8H;3-8H,1-2H3;1-6H;4H,1-3H3;10*1-2H3. The molecule has 0 bridgehead atoms. The maximum absolute atomic E-state index is 5.23. The molecule has 0 aliphatic rings. The quantitative estimate of drug-likeness (QED) is 0.123. The van der Waals surface area contributed by atoms with Crippen LogP contribution in [0.4, 0.5) is 0 Å². The fourth-order valence-electron chi connectivity index (χ4n) is 8.91. The summed E-state index contributed by atoms with van der Waals surface area (Å²) in [7, 11) is 0. The van der Waals surface area contributed by atoms with Crippen molar-refractivity contribution < 1.29 is 13.6 Å². The molecule has 0 amide bonds. The number of hydrogen-bond acceptors (Lipinski definition) is 10. The minimum atomic E-state index is 0.278. The lowest BCUT2D eigenvalue weighted by Gasteiger charge is -2.06. The summed E-state index contributed by atoms with van der Waals surface area (Å²) in [4.78, 5) is 4.30. The average Bonchev–Trinajstić information content (AvgIpc) is 1.53. The summed E-state index contributed by atoms with van der Waals surface area (Å²) < 4.78 is 19.1. The third-order valence-corrected chi connectivity index (χ3v) is 14.7. The number of nitrogens with zero attached hydrogens (tertiary/aromatic N) is 9. The molecule has 0 saturated heterocycles. The molecule has 12 nitrogen and oxygen atoms in total. The molecule has 0 N–H and O–H groups in total. The lowest BCUT2D eigenvalue weighted by molar-refractivity contribution is 0.365. The molecule has 5 aromatic heterocycles. The zero-order valence-electron chi connectivity index (χ0n) is 80.6. The Kier molecular flexibility index (Phi) is 78.1. The number of aromatic nitrogens is 9. The Labute approximate surface area is 726 Å². The Balaban J connectivity index is -0.000000403. The van der Waals surface area contributed by atoms with E-state index in [0.29, 0.717) is 41.3 Å². The van der Waals surface area contributed by atoms with E-state index in [1.165, 1.54) is 27.5 Å². The van der Waals surface area contributed by atoms with Crippen LogP contribution in [0.1, 0.15) is 312 Å². The predicted molar refractivity (Wildman–Crippen MR) is 524 cm³/mol. The van der Waals surface area contributed by atoms with Gasteiger partial charge in [-0.1, -0.05) is 494 Å². The molecular weight excluding hydrogens is 1460 g/mol. The predicted octanol–water partition coefficient (Wildman–Crippen LogP) is 34.4. The van der Waals surface area contributed by atoms with E-state index in [4.69, 9.17) is 13.6 Å². The van der Waals surface area contributed by atoms with Crippen LogP contribution in [0, 0.1) is 5.92 Å². The molecule has 14 aromatic rings. The van der Waals surface area contributed by atoms with Gasteiger partial charge < -0.3 is 13.6 Å². The minimum absolute atomic E-state index is 0.278. The van der Waals surface area contributed by atoms with E-state index in [-0.39, 0.29) is 5.92 Å². The van der Waals surface area contributed by atoms with Crippen LogP contribution in [0.5, 0.6) is 0 Å². The fourth-order valence-corrected chi connectivity index (χ4v) is 8.91. The Bertz CT molecular complexity index is 3910. The van der Waals surface area contributed by atoms with E-state index in [2.05, 4.69) is 247 Å². The average molecular weight is 1620 g/mol. The van der Waals surface area contributed by atoms with Crippen molar-refractivity contribution in [2.45, 2.75) is 278 Å². The van der Waals surface area contributed by atoms with Gasteiger partial charge in [-0.3, -0.25) is 0 Å². The summed E-state index contributed by atoms with van der Waals surface area (Å²) >= 11 is 0. The Hall–Kier alpha value is -10.9. The van der Waals surface area contributed by atoms with Gasteiger partial charge in [-0.25, -0.2) is 9.36 Å². The van der Waals surface area contributed by atoms with E-state index in [9.17, 15) is 0 Å². The molecule has 0 unspecified atom stereocenters. The SMILES string of the molecule is CC.CC.CC.CC.CC.CC.CC.CC.CC.CC.CC(C)C.CC(C)c1cc(-c2ccccc2)no1.CC(C)c1ccc(-c2ccno2)cc1.CC(C)c1ccc(-n2cccn2)cc1.CC(C)c1ccccc1.CC(C)c1cn(-c2ccccc2)nn1.CC(C)c1nc(-c2ccccc2)no1.c1ccc2ccccc2c1.c1ccccc1. The molecule has 14 rings (SSSR count). The van der Waals surface area contributed by atoms with Crippen molar-refractivity contribution in [2.24, 2.45) is 5.92 Å². The number of para-hydroxylation sites is 1. The molecule has 0 atom stereocenters. The molecule has 119 heavy (non-hydrogen) atoms. The number of rotatable bonds is 11. The van der Waals surface area contributed by atoms with Crippen molar-refractivity contribution in [1.82, 2.24) is 45.2 Å². The highest BCUT2D eigenvalue weighted by atomic mass is 16.5. The molecule has 652 valence electrons. The van der Waals surface area contributed by atoms with Gasteiger partial charge in [0.2, 0.25) is 11.7 Å². The molecule has 12 heteroatoms. The van der Waals surface area contributed by atoms with Gasteiger partial charge in [0.25, 0.3) is 0 Å². The Morgan fingerprint density at radius 2 is 0.664 bits per heavy atom. The highest BCUT2D eigenvalue weighted by Crippen LogP contribution is 2.25. The van der Waals surface area contributed by atoms with Crippen LogP contribution in [0.15, 0.2) is 311 Å². The van der Waals surface area contributed by atoms with Gasteiger partial charge in [-0.2, -0.15) is 10.1 Å². The van der Waals surface area contributed by atoms with Crippen LogP contribution < -0.4 is 0 Å². The first-order valence-corrected chi connectivity index (χ1v) is 44.3. The molecule has 0 aliphatic heterocycles. The van der Waals surface area contributed by atoms with Gasteiger partial charge in [0.15, 0.2) is 5.76 Å². The molecule has 5 heterocycles. The third kappa shape index (κ3) is 52.5. The maximum Gasteiger partial charge on any atom is 0.229 e. The van der Waals surface area contributed by atoms with Crippen molar-refractivity contribution in [2.75, 3.05) is 0 Å². The van der Waals surface area contributed by atoms with E-state index < -0.39 is 0 Å². The van der Waals surface area contributed by atoms with Crippen LogP contribution in [0.2, 0.25) is 0 Å². The van der Waals surface area contributed by atoms with Gasteiger partial charge in [0.05, 0.1) is 29.5 Å². The smallest absolute Gasteiger partial charge is 0.229 e. The molecule has 0 saturated carbocycles. The van der Waals surface area contributed by atoms with Gasteiger partial charge in [0.1, 0.15) is 11.5 Å². The molecule has 9 aromatic carbocycles. The maximum atomic E-state index is 5.23.